The average Bonchev–Trinajstić information content (AvgIpc) is 3.37. The van der Waals surface area contributed by atoms with Crippen molar-refractivity contribution < 1.29 is 9.59 Å². The number of rotatable bonds is 4. The minimum absolute atomic E-state index is 0.0899. The molecule has 0 aliphatic carbocycles. The Balaban J connectivity index is 1.31. The number of anilines is 1. The third-order valence-corrected chi connectivity index (χ3v) is 6.18. The van der Waals surface area contributed by atoms with E-state index in [0.29, 0.717) is 5.69 Å². The van der Waals surface area contributed by atoms with Crippen molar-refractivity contribution in [1.29, 1.82) is 0 Å². The van der Waals surface area contributed by atoms with Gasteiger partial charge in [-0.3, -0.25) is 14.0 Å². The third-order valence-electron chi connectivity index (χ3n) is 5.41. The zero-order valence-electron chi connectivity index (χ0n) is 16.9. The van der Waals surface area contributed by atoms with Crippen LogP contribution in [-0.2, 0) is 9.59 Å². The second kappa shape index (κ2) is 7.85. The van der Waals surface area contributed by atoms with Crippen molar-refractivity contribution in [3.05, 3.63) is 83.6 Å². The molecule has 6 nitrogen and oxygen atoms in total. The molecule has 1 unspecified atom stereocenters. The van der Waals surface area contributed by atoms with Crippen molar-refractivity contribution in [2.45, 2.75) is 19.4 Å². The van der Waals surface area contributed by atoms with Crippen LogP contribution in [0.5, 0.6) is 0 Å². The number of imidazole rings is 1. The molecule has 2 aromatic heterocycles. The fourth-order valence-electron chi connectivity index (χ4n) is 3.89. The van der Waals surface area contributed by atoms with E-state index in [9.17, 15) is 9.59 Å². The molecular weight excluding hydrogens is 408 g/mol. The Morgan fingerprint density at radius 1 is 1.13 bits per heavy atom. The summed E-state index contributed by atoms with van der Waals surface area (Å²) in [7, 11) is 0. The molecule has 1 aliphatic heterocycles. The number of carbonyl (C=O) groups is 2. The van der Waals surface area contributed by atoms with Gasteiger partial charge in [0.1, 0.15) is 0 Å². The molecule has 7 heteroatoms. The summed E-state index contributed by atoms with van der Waals surface area (Å²) in [4.78, 5) is 32.1. The van der Waals surface area contributed by atoms with Crippen molar-refractivity contribution in [1.82, 2.24) is 14.3 Å². The monoisotopic (exact) mass is 428 g/mol. The van der Waals surface area contributed by atoms with Gasteiger partial charge in [0.05, 0.1) is 18.2 Å². The Morgan fingerprint density at radius 2 is 1.94 bits per heavy atom. The quantitative estimate of drug-likeness (QED) is 0.499. The minimum atomic E-state index is -0.323. The van der Waals surface area contributed by atoms with Gasteiger partial charge in [-0.2, -0.15) is 0 Å². The van der Waals surface area contributed by atoms with Crippen molar-refractivity contribution in [3.8, 4) is 11.3 Å². The highest BCUT2D eigenvalue weighted by Gasteiger charge is 2.28. The first-order chi connectivity index (χ1) is 15.1. The minimum Gasteiger partial charge on any atom is -0.326 e. The highest BCUT2D eigenvalue weighted by Crippen LogP contribution is 2.33. The molecule has 154 valence electrons. The summed E-state index contributed by atoms with van der Waals surface area (Å²) in [5.41, 5.74) is 4.60. The molecule has 0 fully saturated rings. The van der Waals surface area contributed by atoms with Crippen LogP contribution in [0.3, 0.4) is 0 Å². The first-order valence-electron chi connectivity index (χ1n) is 9.97. The van der Waals surface area contributed by atoms with Gasteiger partial charge >= 0.3 is 0 Å². The molecule has 1 N–H and O–H groups in total. The fraction of sp³-hybridized carbons (Fsp3) is 0.125. The Labute approximate surface area is 183 Å². The lowest BCUT2D eigenvalue weighted by molar-refractivity contribution is -0.129. The Morgan fingerprint density at radius 3 is 2.71 bits per heavy atom. The van der Waals surface area contributed by atoms with Crippen LogP contribution in [0.4, 0.5) is 5.69 Å². The molecule has 2 aromatic carbocycles. The van der Waals surface area contributed by atoms with Gasteiger partial charge < -0.3 is 10.2 Å². The molecule has 0 spiro atoms. The predicted molar refractivity (Wildman–Crippen MR) is 122 cm³/mol. The van der Waals surface area contributed by atoms with Crippen LogP contribution in [0.25, 0.3) is 22.3 Å². The van der Waals surface area contributed by atoms with Crippen LogP contribution >= 0.6 is 11.3 Å². The van der Waals surface area contributed by atoms with Gasteiger partial charge in [-0.1, -0.05) is 36.4 Å². The van der Waals surface area contributed by atoms with Gasteiger partial charge in [0.2, 0.25) is 11.8 Å². The number of benzene rings is 2. The summed E-state index contributed by atoms with van der Waals surface area (Å²) in [5, 5.41) is 4.95. The van der Waals surface area contributed by atoms with Gasteiger partial charge in [0.15, 0.2) is 4.96 Å². The van der Waals surface area contributed by atoms with Crippen LogP contribution < -0.4 is 5.32 Å². The number of hydrogen-bond donors (Lipinski definition) is 1. The van der Waals surface area contributed by atoms with E-state index in [1.807, 2.05) is 76.8 Å². The van der Waals surface area contributed by atoms with E-state index in [1.165, 1.54) is 6.92 Å². The first kappa shape index (κ1) is 19.3. The smallest absolute Gasteiger partial charge is 0.226 e. The van der Waals surface area contributed by atoms with Crippen LogP contribution in [0.15, 0.2) is 72.5 Å². The van der Waals surface area contributed by atoms with E-state index < -0.39 is 0 Å². The van der Waals surface area contributed by atoms with Crippen molar-refractivity contribution in [2.24, 2.45) is 0 Å². The SMILES string of the molecule is CC(=O)N1C=Cc2ccccc2C1CC(=O)Nc1ccc(-c2cn3ccsc3n2)cc1. The van der Waals surface area contributed by atoms with Gasteiger partial charge in [-0.05, 0) is 29.3 Å². The second-order valence-corrected chi connectivity index (χ2v) is 8.31. The highest BCUT2D eigenvalue weighted by molar-refractivity contribution is 7.15. The lowest BCUT2D eigenvalue weighted by Gasteiger charge is -2.32. The van der Waals surface area contributed by atoms with E-state index in [-0.39, 0.29) is 24.3 Å². The lowest BCUT2D eigenvalue weighted by atomic mass is 9.93. The maximum Gasteiger partial charge on any atom is 0.226 e. The lowest BCUT2D eigenvalue weighted by Crippen LogP contribution is -2.33. The van der Waals surface area contributed by atoms with Gasteiger partial charge in [0.25, 0.3) is 0 Å². The molecular formula is C24H20N4O2S. The molecule has 2 amide bonds. The standard InChI is InChI=1S/C24H20N4O2S/c1-16(29)28-11-10-17-4-2-3-5-20(17)22(28)14-23(30)25-19-8-6-18(7-9-19)21-15-27-12-13-31-24(27)26-21/h2-13,15,22H,14H2,1H3,(H,25,30). The molecule has 1 atom stereocenters. The summed E-state index contributed by atoms with van der Waals surface area (Å²) in [6.07, 6.45) is 7.81. The molecule has 0 saturated carbocycles. The maximum atomic E-state index is 12.8. The number of nitrogens with one attached hydrogen (secondary N) is 1. The molecule has 0 bridgehead atoms. The fourth-order valence-corrected chi connectivity index (χ4v) is 4.59. The van der Waals surface area contributed by atoms with E-state index in [4.69, 9.17) is 0 Å². The van der Waals surface area contributed by atoms with Gasteiger partial charge in [0, 0.05) is 42.1 Å². The summed E-state index contributed by atoms with van der Waals surface area (Å²) in [6, 6.07) is 15.2. The largest absolute Gasteiger partial charge is 0.326 e. The molecule has 0 radical (unpaired) electrons. The van der Waals surface area contributed by atoms with Crippen LogP contribution in [0.1, 0.15) is 30.5 Å². The zero-order valence-corrected chi connectivity index (χ0v) is 17.7. The number of nitrogens with zero attached hydrogens (tertiary/aromatic N) is 3. The zero-order chi connectivity index (χ0) is 21.4. The molecule has 0 saturated heterocycles. The molecule has 31 heavy (non-hydrogen) atoms. The molecule has 1 aliphatic rings. The second-order valence-electron chi connectivity index (χ2n) is 7.44. The molecule has 5 rings (SSSR count). The van der Waals surface area contributed by atoms with Crippen LogP contribution in [0, 0.1) is 0 Å². The normalized spacial score (nSPS) is 15.1. The van der Waals surface area contributed by atoms with Crippen molar-refractivity contribution >= 4 is 39.9 Å². The Hall–Kier alpha value is -3.71. The summed E-state index contributed by atoms with van der Waals surface area (Å²) in [6.45, 7) is 1.52. The van der Waals surface area contributed by atoms with Crippen LogP contribution in [-0.4, -0.2) is 26.1 Å². The van der Waals surface area contributed by atoms with E-state index >= 15 is 0 Å². The summed E-state index contributed by atoms with van der Waals surface area (Å²) < 4.78 is 1.99. The number of fused-ring (bicyclic) bond motifs is 2. The van der Waals surface area contributed by atoms with Crippen molar-refractivity contribution in [2.75, 3.05) is 5.32 Å². The number of amides is 2. The number of hydrogen-bond acceptors (Lipinski definition) is 4. The van der Waals surface area contributed by atoms with E-state index in [2.05, 4.69) is 10.3 Å². The molecule has 3 heterocycles. The summed E-state index contributed by atoms with van der Waals surface area (Å²) >= 11 is 1.59. The number of thiazole rings is 1. The van der Waals surface area contributed by atoms with Gasteiger partial charge in [-0.25, -0.2) is 4.98 Å². The predicted octanol–water partition coefficient (Wildman–Crippen LogP) is 4.97. The third kappa shape index (κ3) is 3.75. The summed E-state index contributed by atoms with van der Waals surface area (Å²) in [5.74, 6) is -0.232. The van der Waals surface area contributed by atoms with Crippen LogP contribution in [0.2, 0.25) is 0 Å². The Bertz CT molecular complexity index is 1270. The highest BCUT2D eigenvalue weighted by atomic mass is 32.1. The number of carbonyl (C=O) groups excluding carboxylic acids is 2. The van der Waals surface area contributed by atoms with E-state index in [1.54, 1.807) is 22.4 Å². The van der Waals surface area contributed by atoms with E-state index in [0.717, 1.165) is 27.3 Å². The Kier molecular flexibility index (Phi) is 4.88. The topological polar surface area (TPSA) is 66.7 Å². The van der Waals surface area contributed by atoms with Crippen molar-refractivity contribution in [3.63, 3.8) is 0 Å². The first-order valence-corrected chi connectivity index (χ1v) is 10.8. The van der Waals surface area contributed by atoms with Gasteiger partial charge in [-0.15, -0.1) is 11.3 Å². The maximum absolute atomic E-state index is 12.8. The molecule has 4 aromatic rings. The average molecular weight is 429 g/mol. The number of aromatic nitrogens is 2.